The largest absolute Gasteiger partial charge is 0.217 e. The van der Waals surface area contributed by atoms with Gasteiger partial charge in [0.25, 0.3) is 0 Å². The number of fused-ring (bicyclic) bond motifs is 1. The number of tetrazole rings is 1. The van der Waals surface area contributed by atoms with Gasteiger partial charge in [0.1, 0.15) is 0 Å². The van der Waals surface area contributed by atoms with Gasteiger partial charge >= 0.3 is 0 Å². The van der Waals surface area contributed by atoms with Crippen molar-refractivity contribution in [3.05, 3.63) is 65.7 Å². The van der Waals surface area contributed by atoms with Crippen molar-refractivity contribution in [3.63, 3.8) is 0 Å². The molecule has 1 aromatic heterocycles. The molecule has 0 saturated carbocycles. The van der Waals surface area contributed by atoms with E-state index in [2.05, 4.69) is 55.7 Å². The van der Waals surface area contributed by atoms with Gasteiger partial charge < -0.3 is 0 Å². The molecule has 0 N–H and O–H groups in total. The number of halogens is 1. The maximum Gasteiger partial charge on any atom is 0.182 e. The Kier molecular flexibility index (Phi) is 3.50. The topological polar surface area (TPSA) is 43.6 Å². The van der Waals surface area contributed by atoms with Gasteiger partial charge in [0.2, 0.25) is 0 Å². The molecule has 110 valence electrons. The van der Waals surface area contributed by atoms with Crippen molar-refractivity contribution in [3.8, 4) is 11.4 Å². The van der Waals surface area contributed by atoms with Crippen LogP contribution < -0.4 is 0 Å². The van der Waals surface area contributed by atoms with E-state index in [1.807, 2.05) is 35.0 Å². The molecule has 0 saturated heterocycles. The van der Waals surface area contributed by atoms with Gasteiger partial charge in [-0.15, -0.1) is 5.10 Å². The molecular weight excluding hydrogens is 340 g/mol. The number of rotatable bonds is 2. The highest BCUT2D eigenvalue weighted by atomic mass is 79.9. The average Bonchev–Trinajstić information content (AvgIpc) is 3.05. The van der Waals surface area contributed by atoms with Crippen LogP contribution in [0.3, 0.4) is 0 Å². The summed E-state index contributed by atoms with van der Waals surface area (Å²) in [4.78, 5) is 0.327. The number of benzene rings is 2. The Morgan fingerprint density at radius 1 is 1.00 bits per heavy atom. The molecule has 1 aliphatic rings. The second kappa shape index (κ2) is 5.65. The molecule has 0 aliphatic heterocycles. The number of alkyl halides is 1. The van der Waals surface area contributed by atoms with E-state index in [-0.39, 0.29) is 6.04 Å². The second-order valence-corrected chi connectivity index (χ2v) is 6.69. The zero-order valence-electron chi connectivity index (χ0n) is 11.9. The highest BCUT2D eigenvalue weighted by molar-refractivity contribution is 9.09. The summed E-state index contributed by atoms with van der Waals surface area (Å²) in [6.45, 7) is 0. The molecule has 0 unspecified atom stereocenters. The van der Waals surface area contributed by atoms with Gasteiger partial charge in [0.05, 0.1) is 6.04 Å². The zero-order chi connectivity index (χ0) is 14.9. The molecule has 1 heterocycles. The quantitative estimate of drug-likeness (QED) is 0.660. The van der Waals surface area contributed by atoms with Gasteiger partial charge in [-0.05, 0) is 34.4 Å². The molecule has 3 aromatic rings. The van der Waals surface area contributed by atoms with Gasteiger partial charge in [0, 0.05) is 10.4 Å². The normalized spacial score (nSPS) is 20.6. The Morgan fingerprint density at radius 2 is 1.77 bits per heavy atom. The first-order chi connectivity index (χ1) is 10.8. The third-order valence-corrected chi connectivity index (χ3v) is 5.15. The predicted octanol–water partition coefficient (Wildman–Crippen LogP) is 3.64. The number of aryl methyl sites for hydroxylation is 1. The second-order valence-electron chi connectivity index (χ2n) is 5.51. The summed E-state index contributed by atoms with van der Waals surface area (Å²) < 4.78 is 1.95. The van der Waals surface area contributed by atoms with Crippen LogP contribution in [0.2, 0.25) is 0 Å². The van der Waals surface area contributed by atoms with E-state index in [4.69, 9.17) is 0 Å². The molecule has 5 heteroatoms. The van der Waals surface area contributed by atoms with E-state index in [1.54, 1.807) is 0 Å². The zero-order valence-corrected chi connectivity index (χ0v) is 13.5. The Morgan fingerprint density at radius 3 is 2.64 bits per heavy atom. The Labute approximate surface area is 137 Å². The minimum Gasteiger partial charge on any atom is -0.217 e. The Balaban J connectivity index is 1.85. The predicted molar refractivity (Wildman–Crippen MR) is 88.9 cm³/mol. The summed E-state index contributed by atoms with van der Waals surface area (Å²) in [7, 11) is 0. The molecule has 0 radical (unpaired) electrons. The van der Waals surface area contributed by atoms with Crippen LogP contribution in [-0.2, 0) is 6.42 Å². The van der Waals surface area contributed by atoms with Crippen molar-refractivity contribution < 1.29 is 0 Å². The summed E-state index contributed by atoms with van der Waals surface area (Å²) in [5, 5.41) is 12.5. The van der Waals surface area contributed by atoms with Crippen LogP contribution in [0.25, 0.3) is 11.4 Å². The maximum absolute atomic E-state index is 4.29. The number of aromatic nitrogens is 4. The highest BCUT2D eigenvalue weighted by Crippen LogP contribution is 2.38. The van der Waals surface area contributed by atoms with Gasteiger partial charge in [0.15, 0.2) is 5.82 Å². The van der Waals surface area contributed by atoms with Crippen molar-refractivity contribution in [1.82, 2.24) is 20.2 Å². The van der Waals surface area contributed by atoms with Crippen LogP contribution in [0.1, 0.15) is 23.6 Å². The van der Waals surface area contributed by atoms with Crippen LogP contribution in [-0.4, -0.2) is 25.0 Å². The summed E-state index contributed by atoms with van der Waals surface area (Å²) in [5.41, 5.74) is 3.73. The fraction of sp³-hybridized carbons (Fsp3) is 0.235. The summed E-state index contributed by atoms with van der Waals surface area (Å²) in [6, 6.07) is 18.8. The molecular formula is C17H15BrN4. The fourth-order valence-corrected chi connectivity index (χ4v) is 3.88. The van der Waals surface area contributed by atoms with E-state index in [9.17, 15) is 0 Å². The smallest absolute Gasteiger partial charge is 0.182 e. The molecule has 4 nitrogen and oxygen atoms in total. The SMILES string of the molecule is Br[C@@H]1CCc2ccccc2[C@H]1n1nnnc1-c1ccccc1. The lowest BCUT2D eigenvalue weighted by atomic mass is 9.87. The Hall–Kier alpha value is -2.01. The van der Waals surface area contributed by atoms with Crippen molar-refractivity contribution >= 4 is 15.9 Å². The summed E-state index contributed by atoms with van der Waals surface area (Å²) >= 11 is 3.84. The standard InChI is InChI=1S/C17H15BrN4/c18-15-11-10-12-6-4-5-9-14(12)16(15)22-17(19-20-21-22)13-7-2-1-3-8-13/h1-9,15-16H,10-11H2/t15-,16-/m1/s1. The summed E-state index contributed by atoms with van der Waals surface area (Å²) in [5.74, 6) is 0.812. The lowest BCUT2D eigenvalue weighted by molar-refractivity contribution is 0.460. The van der Waals surface area contributed by atoms with Crippen LogP contribution in [0.5, 0.6) is 0 Å². The third kappa shape index (κ3) is 2.25. The molecule has 2 atom stereocenters. The van der Waals surface area contributed by atoms with Crippen molar-refractivity contribution in [1.29, 1.82) is 0 Å². The van der Waals surface area contributed by atoms with E-state index in [0.29, 0.717) is 4.83 Å². The van der Waals surface area contributed by atoms with Crippen molar-refractivity contribution in [2.45, 2.75) is 23.7 Å². The molecule has 0 fully saturated rings. The average molecular weight is 355 g/mol. The highest BCUT2D eigenvalue weighted by Gasteiger charge is 2.31. The van der Waals surface area contributed by atoms with Crippen LogP contribution >= 0.6 is 15.9 Å². The lowest BCUT2D eigenvalue weighted by Crippen LogP contribution is -2.28. The van der Waals surface area contributed by atoms with E-state index >= 15 is 0 Å². The van der Waals surface area contributed by atoms with Gasteiger partial charge in [-0.2, -0.15) is 0 Å². The van der Waals surface area contributed by atoms with Gasteiger partial charge in [-0.1, -0.05) is 70.5 Å². The number of hydrogen-bond acceptors (Lipinski definition) is 3. The van der Waals surface area contributed by atoms with Crippen LogP contribution in [0, 0.1) is 0 Å². The first-order valence-electron chi connectivity index (χ1n) is 7.40. The van der Waals surface area contributed by atoms with Gasteiger partial charge in [-0.3, -0.25) is 0 Å². The molecule has 0 bridgehead atoms. The van der Waals surface area contributed by atoms with Crippen LogP contribution in [0.15, 0.2) is 54.6 Å². The van der Waals surface area contributed by atoms with E-state index in [1.165, 1.54) is 11.1 Å². The summed E-state index contributed by atoms with van der Waals surface area (Å²) in [6.07, 6.45) is 2.17. The third-order valence-electron chi connectivity index (χ3n) is 4.19. The molecule has 0 spiro atoms. The molecule has 22 heavy (non-hydrogen) atoms. The molecule has 4 rings (SSSR count). The maximum atomic E-state index is 4.29. The number of nitrogens with zero attached hydrogens (tertiary/aromatic N) is 4. The first kappa shape index (κ1) is 13.6. The molecule has 0 amide bonds. The molecule has 1 aliphatic carbocycles. The van der Waals surface area contributed by atoms with E-state index < -0.39 is 0 Å². The van der Waals surface area contributed by atoms with E-state index in [0.717, 1.165) is 24.2 Å². The fourth-order valence-electron chi connectivity index (χ4n) is 3.14. The van der Waals surface area contributed by atoms with Crippen molar-refractivity contribution in [2.24, 2.45) is 0 Å². The minimum absolute atomic E-state index is 0.121. The first-order valence-corrected chi connectivity index (χ1v) is 8.31. The monoisotopic (exact) mass is 354 g/mol. The lowest BCUT2D eigenvalue weighted by Gasteiger charge is -2.30. The van der Waals surface area contributed by atoms with Gasteiger partial charge in [-0.25, -0.2) is 4.68 Å². The Bertz CT molecular complexity index is 784. The minimum atomic E-state index is 0.121. The number of hydrogen-bond donors (Lipinski definition) is 0. The van der Waals surface area contributed by atoms with Crippen LogP contribution in [0.4, 0.5) is 0 Å². The molecule has 2 aromatic carbocycles. The van der Waals surface area contributed by atoms with Crippen molar-refractivity contribution in [2.75, 3.05) is 0 Å².